The summed E-state index contributed by atoms with van der Waals surface area (Å²) in [7, 11) is 0. The summed E-state index contributed by atoms with van der Waals surface area (Å²) >= 11 is 12.0. The predicted octanol–water partition coefficient (Wildman–Crippen LogP) is 6.40. The molecule has 0 atom stereocenters. The van der Waals surface area contributed by atoms with Gasteiger partial charge in [0.05, 0.1) is 15.6 Å². The summed E-state index contributed by atoms with van der Waals surface area (Å²) in [6.07, 6.45) is 1.60. The Morgan fingerprint density at radius 2 is 1.86 bits per heavy atom. The van der Waals surface area contributed by atoms with E-state index in [0.717, 1.165) is 16.9 Å². The number of fused-ring (bicyclic) bond motifs is 1. The van der Waals surface area contributed by atoms with E-state index < -0.39 is 0 Å². The molecule has 1 aliphatic heterocycles. The van der Waals surface area contributed by atoms with Crippen molar-refractivity contribution in [1.29, 1.82) is 0 Å². The Labute approximate surface area is 172 Å². The van der Waals surface area contributed by atoms with E-state index in [4.69, 9.17) is 37.1 Å². The number of allylic oxidation sites excluding steroid dienone is 1. The standard InChI is InChI=1S/C22H16Cl2O4/c1-12-3-5-15(27-12)10-20-21(25)16-6-8-19(13(2)22(16)28-20)26-11-14-4-7-17(23)18(24)9-14/h3-10H,11H2,1-2H3/b20-10-. The molecule has 1 aliphatic rings. The van der Waals surface area contributed by atoms with Crippen LogP contribution in [0.1, 0.15) is 33.0 Å². The fourth-order valence-electron chi connectivity index (χ4n) is 2.98. The Kier molecular flexibility index (Phi) is 4.92. The van der Waals surface area contributed by atoms with Crippen LogP contribution in [-0.4, -0.2) is 5.78 Å². The minimum absolute atomic E-state index is 0.178. The van der Waals surface area contributed by atoms with Crippen LogP contribution in [0.25, 0.3) is 6.08 Å². The largest absolute Gasteiger partial charge is 0.488 e. The van der Waals surface area contributed by atoms with Crippen LogP contribution in [0.15, 0.2) is 52.6 Å². The second-order valence-electron chi connectivity index (χ2n) is 6.49. The quantitative estimate of drug-likeness (QED) is 0.463. The Morgan fingerprint density at radius 3 is 2.57 bits per heavy atom. The van der Waals surface area contributed by atoms with Gasteiger partial charge >= 0.3 is 0 Å². The van der Waals surface area contributed by atoms with Crippen molar-refractivity contribution >= 4 is 35.1 Å². The van der Waals surface area contributed by atoms with Gasteiger partial charge in [-0.3, -0.25) is 4.79 Å². The highest BCUT2D eigenvalue weighted by Crippen LogP contribution is 2.39. The highest BCUT2D eigenvalue weighted by atomic mass is 35.5. The van der Waals surface area contributed by atoms with Crippen molar-refractivity contribution in [2.24, 2.45) is 0 Å². The van der Waals surface area contributed by atoms with Crippen LogP contribution >= 0.6 is 23.2 Å². The number of furan rings is 1. The van der Waals surface area contributed by atoms with Crippen LogP contribution < -0.4 is 9.47 Å². The fourth-order valence-corrected chi connectivity index (χ4v) is 3.30. The molecule has 1 aromatic heterocycles. The number of carbonyl (C=O) groups is 1. The average molecular weight is 415 g/mol. The first-order valence-electron chi connectivity index (χ1n) is 8.63. The molecule has 0 unspecified atom stereocenters. The number of hydrogen-bond acceptors (Lipinski definition) is 4. The van der Waals surface area contributed by atoms with E-state index in [1.807, 2.05) is 26.0 Å². The molecule has 0 saturated heterocycles. The molecular weight excluding hydrogens is 399 g/mol. The number of ether oxygens (including phenoxy) is 2. The average Bonchev–Trinajstić information content (AvgIpc) is 3.22. The van der Waals surface area contributed by atoms with Gasteiger partial charge in [-0.05, 0) is 55.8 Å². The first kappa shape index (κ1) is 18.7. The van der Waals surface area contributed by atoms with Crippen molar-refractivity contribution in [1.82, 2.24) is 0 Å². The summed E-state index contributed by atoms with van der Waals surface area (Å²) in [4.78, 5) is 12.6. The number of Topliss-reactive ketones (excluding diaryl/α,β-unsaturated/α-hetero) is 1. The zero-order valence-corrected chi connectivity index (χ0v) is 16.7. The summed E-state index contributed by atoms with van der Waals surface area (Å²) in [6.45, 7) is 4.02. The summed E-state index contributed by atoms with van der Waals surface area (Å²) in [6, 6.07) is 12.4. The first-order valence-corrected chi connectivity index (χ1v) is 9.39. The van der Waals surface area contributed by atoms with Crippen LogP contribution in [0, 0.1) is 13.8 Å². The van der Waals surface area contributed by atoms with Crippen molar-refractivity contribution in [2.75, 3.05) is 0 Å². The van der Waals surface area contributed by atoms with Crippen molar-refractivity contribution in [3.8, 4) is 11.5 Å². The van der Waals surface area contributed by atoms with E-state index in [0.29, 0.717) is 39.5 Å². The topological polar surface area (TPSA) is 48.7 Å². The van der Waals surface area contributed by atoms with Gasteiger partial charge in [0.25, 0.3) is 0 Å². The van der Waals surface area contributed by atoms with Gasteiger partial charge in [0.15, 0.2) is 5.76 Å². The number of benzene rings is 2. The van der Waals surface area contributed by atoms with Crippen molar-refractivity contribution in [3.63, 3.8) is 0 Å². The van der Waals surface area contributed by atoms with E-state index >= 15 is 0 Å². The normalized spacial score (nSPS) is 14.3. The zero-order chi connectivity index (χ0) is 19.8. The molecular formula is C22H16Cl2O4. The van der Waals surface area contributed by atoms with Gasteiger partial charge in [0.1, 0.15) is 29.6 Å². The number of rotatable bonds is 4. The predicted molar refractivity (Wildman–Crippen MR) is 108 cm³/mol. The molecule has 0 radical (unpaired) electrons. The molecule has 0 aliphatic carbocycles. The molecule has 4 rings (SSSR count). The maximum atomic E-state index is 12.6. The molecule has 0 bridgehead atoms. The zero-order valence-electron chi connectivity index (χ0n) is 15.2. The Hall–Kier alpha value is -2.69. The van der Waals surface area contributed by atoms with Gasteiger partial charge in [-0.15, -0.1) is 0 Å². The molecule has 0 saturated carbocycles. The highest BCUT2D eigenvalue weighted by Gasteiger charge is 2.30. The second-order valence-corrected chi connectivity index (χ2v) is 7.31. The SMILES string of the molecule is Cc1ccc(/C=C2\Oc3c(ccc(OCc4ccc(Cl)c(Cl)c4)c3C)C2=O)o1. The van der Waals surface area contributed by atoms with E-state index in [1.165, 1.54) is 0 Å². The van der Waals surface area contributed by atoms with Crippen molar-refractivity contribution in [3.05, 3.63) is 86.5 Å². The fraction of sp³-hybridized carbons (Fsp3) is 0.136. The summed E-state index contributed by atoms with van der Waals surface area (Å²) in [5, 5.41) is 0.974. The first-order chi connectivity index (χ1) is 13.4. The van der Waals surface area contributed by atoms with Gasteiger partial charge < -0.3 is 13.9 Å². The van der Waals surface area contributed by atoms with Crippen LogP contribution in [0.2, 0.25) is 10.0 Å². The third-order valence-electron chi connectivity index (χ3n) is 4.45. The van der Waals surface area contributed by atoms with Gasteiger partial charge in [-0.1, -0.05) is 29.3 Å². The molecule has 0 amide bonds. The van der Waals surface area contributed by atoms with Crippen LogP contribution in [0.3, 0.4) is 0 Å². The number of ketones is 1. The third-order valence-corrected chi connectivity index (χ3v) is 5.19. The monoisotopic (exact) mass is 414 g/mol. The lowest BCUT2D eigenvalue weighted by atomic mass is 10.1. The molecule has 2 heterocycles. The molecule has 6 heteroatoms. The van der Waals surface area contributed by atoms with Crippen LogP contribution in [0.4, 0.5) is 0 Å². The molecule has 0 spiro atoms. The lowest BCUT2D eigenvalue weighted by Crippen LogP contribution is -1.98. The van der Waals surface area contributed by atoms with Crippen molar-refractivity contribution < 1.29 is 18.7 Å². The van der Waals surface area contributed by atoms with Crippen molar-refractivity contribution in [2.45, 2.75) is 20.5 Å². The molecule has 2 aromatic carbocycles. The van der Waals surface area contributed by atoms with Crippen LogP contribution in [-0.2, 0) is 6.61 Å². The maximum Gasteiger partial charge on any atom is 0.232 e. The summed E-state index contributed by atoms with van der Waals surface area (Å²) < 4.78 is 17.2. The number of halogens is 2. The third kappa shape index (κ3) is 3.53. The second kappa shape index (κ2) is 7.38. The summed E-state index contributed by atoms with van der Waals surface area (Å²) in [5.41, 5.74) is 2.15. The molecule has 142 valence electrons. The Morgan fingerprint density at radius 1 is 1.04 bits per heavy atom. The smallest absolute Gasteiger partial charge is 0.232 e. The number of aryl methyl sites for hydroxylation is 1. The Balaban J connectivity index is 1.56. The molecule has 28 heavy (non-hydrogen) atoms. The molecule has 3 aromatic rings. The van der Waals surface area contributed by atoms with E-state index in [-0.39, 0.29) is 11.5 Å². The molecule has 4 nitrogen and oxygen atoms in total. The van der Waals surface area contributed by atoms with Gasteiger partial charge in [0, 0.05) is 11.6 Å². The lowest BCUT2D eigenvalue weighted by molar-refractivity contribution is 0.101. The molecule has 0 N–H and O–H groups in total. The number of carbonyl (C=O) groups excluding carboxylic acids is 1. The van der Waals surface area contributed by atoms with Crippen LogP contribution in [0.5, 0.6) is 11.5 Å². The van der Waals surface area contributed by atoms with E-state index in [2.05, 4.69) is 0 Å². The Bertz CT molecular complexity index is 1110. The van der Waals surface area contributed by atoms with Gasteiger partial charge in [-0.25, -0.2) is 0 Å². The molecule has 0 fully saturated rings. The maximum absolute atomic E-state index is 12.6. The van der Waals surface area contributed by atoms with E-state index in [1.54, 1.807) is 36.4 Å². The lowest BCUT2D eigenvalue weighted by Gasteiger charge is -2.12. The van der Waals surface area contributed by atoms with E-state index in [9.17, 15) is 4.79 Å². The minimum atomic E-state index is -0.178. The highest BCUT2D eigenvalue weighted by molar-refractivity contribution is 6.42. The number of hydrogen-bond donors (Lipinski definition) is 0. The van der Waals surface area contributed by atoms with Gasteiger partial charge in [0.2, 0.25) is 5.78 Å². The van der Waals surface area contributed by atoms with Gasteiger partial charge in [-0.2, -0.15) is 0 Å². The summed E-state index contributed by atoms with van der Waals surface area (Å²) in [5.74, 6) is 2.53. The minimum Gasteiger partial charge on any atom is -0.488 e.